The van der Waals surface area contributed by atoms with Crippen LogP contribution in [0.2, 0.25) is 0 Å². The second-order valence-corrected chi connectivity index (χ2v) is 7.24. The van der Waals surface area contributed by atoms with E-state index in [1.165, 1.54) is 6.20 Å². The molecule has 1 aliphatic rings. The molecule has 0 unspecified atom stereocenters. The third-order valence-electron chi connectivity index (χ3n) is 5.34. The minimum Gasteiger partial charge on any atom is -0.387 e. The summed E-state index contributed by atoms with van der Waals surface area (Å²) in [4.78, 5) is 27.4. The van der Waals surface area contributed by atoms with Gasteiger partial charge in [0.25, 0.3) is 5.91 Å². The number of rotatable bonds is 4. The first-order valence-electron chi connectivity index (χ1n) is 9.68. The van der Waals surface area contributed by atoms with E-state index in [9.17, 15) is 9.90 Å². The molecule has 3 heterocycles. The van der Waals surface area contributed by atoms with Crippen LogP contribution in [0.4, 0.5) is 5.82 Å². The number of carbonyl (C=O) groups is 1. The molecule has 1 amide bonds. The van der Waals surface area contributed by atoms with Gasteiger partial charge in [-0.3, -0.25) is 14.8 Å². The SMILES string of the molecule is Nc1cnc(-c2cccc(C(=O)N3CCC([C@H](O)c4ccccn4)CC3)c2)cn1. The van der Waals surface area contributed by atoms with Crippen LogP contribution < -0.4 is 5.73 Å². The minimum atomic E-state index is -0.596. The first-order chi connectivity index (χ1) is 14.1. The Kier molecular flexibility index (Phi) is 5.48. The quantitative estimate of drug-likeness (QED) is 0.711. The van der Waals surface area contributed by atoms with Gasteiger partial charge in [0.05, 0.1) is 29.9 Å². The van der Waals surface area contributed by atoms with E-state index < -0.39 is 6.10 Å². The smallest absolute Gasteiger partial charge is 0.253 e. The highest BCUT2D eigenvalue weighted by atomic mass is 16.3. The molecule has 1 fully saturated rings. The molecular weight excluding hydrogens is 366 g/mol. The van der Waals surface area contributed by atoms with E-state index in [1.54, 1.807) is 12.4 Å². The number of hydrogen-bond donors (Lipinski definition) is 2. The lowest BCUT2D eigenvalue weighted by Gasteiger charge is -2.34. The number of nitrogens with two attached hydrogens (primary N) is 1. The molecule has 0 bridgehead atoms. The van der Waals surface area contributed by atoms with Crippen LogP contribution in [-0.4, -0.2) is 44.0 Å². The van der Waals surface area contributed by atoms with Gasteiger partial charge in [-0.2, -0.15) is 0 Å². The number of aliphatic hydroxyl groups is 1. The van der Waals surface area contributed by atoms with E-state index in [0.29, 0.717) is 35.9 Å². The van der Waals surface area contributed by atoms with Crippen LogP contribution >= 0.6 is 0 Å². The highest BCUT2D eigenvalue weighted by Gasteiger charge is 2.29. The van der Waals surface area contributed by atoms with E-state index in [4.69, 9.17) is 5.73 Å². The number of hydrogen-bond acceptors (Lipinski definition) is 6. The monoisotopic (exact) mass is 389 g/mol. The fourth-order valence-electron chi connectivity index (χ4n) is 3.69. The maximum atomic E-state index is 13.0. The number of piperidine rings is 1. The van der Waals surface area contributed by atoms with Crippen molar-refractivity contribution in [2.75, 3.05) is 18.8 Å². The average Bonchev–Trinajstić information content (AvgIpc) is 2.79. The Bertz CT molecular complexity index is 970. The van der Waals surface area contributed by atoms with Crippen LogP contribution in [0.3, 0.4) is 0 Å². The molecule has 3 aromatic rings. The molecule has 7 nitrogen and oxygen atoms in total. The number of benzene rings is 1. The zero-order valence-electron chi connectivity index (χ0n) is 16.0. The van der Waals surface area contributed by atoms with Crippen molar-refractivity contribution in [1.29, 1.82) is 0 Å². The third kappa shape index (κ3) is 4.25. The van der Waals surface area contributed by atoms with Gasteiger partial charge >= 0.3 is 0 Å². The number of anilines is 1. The molecule has 4 rings (SSSR count). The van der Waals surface area contributed by atoms with Gasteiger partial charge < -0.3 is 15.7 Å². The summed E-state index contributed by atoms with van der Waals surface area (Å²) in [6, 6.07) is 12.9. The predicted octanol–water partition coefficient (Wildman–Crippen LogP) is 2.71. The highest BCUT2D eigenvalue weighted by molar-refractivity contribution is 5.95. The van der Waals surface area contributed by atoms with Gasteiger partial charge in [-0.15, -0.1) is 0 Å². The van der Waals surface area contributed by atoms with Gasteiger partial charge in [-0.25, -0.2) is 4.98 Å². The summed E-state index contributed by atoms with van der Waals surface area (Å²) in [5.41, 5.74) is 8.39. The third-order valence-corrected chi connectivity index (χ3v) is 5.34. The van der Waals surface area contributed by atoms with Gasteiger partial charge in [0.2, 0.25) is 0 Å². The molecule has 3 N–H and O–H groups in total. The predicted molar refractivity (Wildman–Crippen MR) is 110 cm³/mol. The number of nitrogen functional groups attached to an aromatic ring is 1. The van der Waals surface area contributed by atoms with Crippen LogP contribution in [0.15, 0.2) is 61.1 Å². The van der Waals surface area contributed by atoms with Crippen molar-refractivity contribution in [3.63, 3.8) is 0 Å². The summed E-state index contributed by atoms with van der Waals surface area (Å²) in [5, 5.41) is 10.6. The molecule has 29 heavy (non-hydrogen) atoms. The number of likely N-dealkylation sites (tertiary alicyclic amines) is 1. The van der Waals surface area contributed by atoms with E-state index in [2.05, 4.69) is 15.0 Å². The lowest BCUT2D eigenvalue weighted by molar-refractivity contribution is 0.0447. The normalized spacial score (nSPS) is 15.8. The molecule has 1 aromatic carbocycles. The maximum absolute atomic E-state index is 13.0. The second kappa shape index (κ2) is 8.36. The first kappa shape index (κ1) is 19.0. The number of aromatic nitrogens is 3. The number of carbonyl (C=O) groups excluding carboxylic acids is 1. The average molecular weight is 389 g/mol. The Labute approximate surface area is 169 Å². The Morgan fingerprint density at radius 2 is 1.90 bits per heavy atom. The van der Waals surface area contributed by atoms with Crippen LogP contribution in [0.1, 0.15) is 35.0 Å². The molecular formula is C22H23N5O2. The summed E-state index contributed by atoms with van der Waals surface area (Å²) >= 11 is 0. The van der Waals surface area contributed by atoms with Crippen LogP contribution in [0.5, 0.6) is 0 Å². The van der Waals surface area contributed by atoms with Crippen molar-refractivity contribution < 1.29 is 9.90 Å². The summed E-state index contributed by atoms with van der Waals surface area (Å²) in [7, 11) is 0. The number of amides is 1. The molecule has 1 saturated heterocycles. The van der Waals surface area contributed by atoms with Crippen molar-refractivity contribution in [3.05, 3.63) is 72.3 Å². The molecule has 0 radical (unpaired) electrons. The summed E-state index contributed by atoms with van der Waals surface area (Å²) in [6.45, 7) is 1.22. The summed E-state index contributed by atoms with van der Waals surface area (Å²) in [5.74, 6) is 0.447. The van der Waals surface area contributed by atoms with E-state index >= 15 is 0 Å². The minimum absolute atomic E-state index is 0.0129. The topological polar surface area (TPSA) is 105 Å². The molecule has 1 atom stereocenters. The zero-order chi connectivity index (χ0) is 20.2. The van der Waals surface area contributed by atoms with Crippen molar-refractivity contribution in [3.8, 4) is 11.3 Å². The van der Waals surface area contributed by atoms with Gasteiger partial charge in [0.1, 0.15) is 5.82 Å². The molecule has 0 saturated carbocycles. The van der Waals surface area contributed by atoms with Crippen molar-refractivity contribution in [1.82, 2.24) is 19.9 Å². The van der Waals surface area contributed by atoms with Gasteiger partial charge in [-0.05, 0) is 43.0 Å². The Hall–Kier alpha value is -3.32. The highest BCUT2D eigenvalue weighted by Crippen LogP contribution is 2.30. The first-order valence-corrected chi connectivity index (χ1v) is 9.68. The lowest BCUT2D eigenvalue weighted by atomic mass is 9.89. The Morgan fingerprint density at radius 3 is 2.59 bits per heavy atom. The fourth-order valence-corrected chi connectivity index (χ4v) is 3.69. The molecule has 148 valence electrons. The molecule has 0 aliphatic carbocycles. The zero-order valence-corrected chi connectivity index (χ0v) is 16.0. The number of pyridine rings is 1. The lowest BCUT2D eigenvalue weighted by Crippen LogP contribution is -2.39. The fraction of sp³-hybridized carbons (Fsp3) is 0.273. The summed E-state index contributed by atoms with van der Waals surface area (Å²) in [6.07, 6.45) is 5.68. The summed E-state index contributed by atoms with van der Waals surface area (Å²) < 4.78 is 0. The van der Waals surface area contributed by atoms with Crippen molar-refractivity contribution in [2.45, 2.75) is 18.9 Å². The van der Waals surface area contributed by atoms with Crippen molar-refractivity contribution >= 4 is 11.7 Å². The maximum Gasteiger partial charge on any atom is 0.253 e. The number of aliphatic hydroxyl groups excluding tert-OH is 1. The van der Waals surface area contributed by atoms with Crippen molar-refractivity contribution in [2.24, 2.45) is 5.92 Å². The molecule has 1 aliphatic heterocycles. The van der Waals surface area contributed by atoms with E-state index in [1.807, 2.05) is 47.4 Å². The van der Waals surface area contributed by atoms with E-state index in [0.717, 1.165) is 18.4 Å². The molecule has 7 heteroatoms. The number of nitrogens with zero attached hydrogens (tertiary/aromatic N) is 4. The van der Waals surface area contributed by atoms with E-state index in [-0.39, 0.29) is 11.8 Å². The van der Waals surface area contributed by atoms with Gasteiger partial charge in [-0.1, -0.05) is 18.2 Å². The largest absolute Gasteiger partial charge is 0.387 e. The molecule has 2 aromatic heterocycles. The van der Waals surface area contributed by atoms with Gasteiger partial charge in [0, 0.05) is 30.4 Å². The second-order valence-electron chi connectivity index (χ2n) is 7.24. The Balaban J connectivity index is 1.42. The molecule has 0 spiro atoms. The Morgan fingerprint density at radius 1 is 1.07 bits per heavy atom. The van der Waals surface area contributed by atoms with Crippen LogP contribution in [0, 0.1) is 5.92 Å². The van der Waals surface area contributed by atoms with Crippen LogP contribution in [0.25, 0.3) is 11.3 Å². The standard InChI is InChI=1S/C22H23N5O2/c23-20-14-25-19(13-26-20)16-4-3-5-17(12-16)22(29)27-10-7-15(8-11-27)21(28)18-6-1-2-9-24-18/h1-6,9,12-15,21,28H,7-8,10-11H2,(H2,23,26)/t21-/m0/s1. The van der Waals surface area contributed by atoms with Gasteiger partial charge in [0.15, 0.2) is 0 Å². The van der Waals surface area contributed by atoms with Crippen LogP contribution in [-0.2, 0) is 0 Å².